The minimum Gasteiger partial charge on any atom is -0.509 e. The van der Waals surface area contributed by atoms with Crippen LogP contribution < -0.4 is 14.5 Å². The number of hydrogen-bond acceptors (Lipinski definition) is 4. The molecule has 1 aromatic heterocycles. The normalized spacial score (nSPS) is 14.3. The quantitative estimate of drug-likeness (QED) is 0.0590. The summed E-state index contributed by atoms with van der Waals surface area (Å²) in [5, 5.41) is 0. The van der Waals surface area contributed by atoms with E-state index in [0.717, 1.165) is 66.9 Å². The maximum atomic E-state index is 17.0. The van der Waals surface area contributed by atoms with Crippen LogP contribution in [-0.4, -0.2) is 4.98 Å². The Morgan fingerprint density at radius 2 is 0.989 bits per heavy atom. The summed E-state index contributed by atoms with van der Waals surface area (Å²) in [6.07, 6.45) is 1.90. The van der Waals surface area contributed by atoms with Crippen molar-refractivity contribution in [3.8, 4) is 56.0 Å². The molecule has 1 atom stereocenters. The number of rotatable bonds is 10. The second-order valence-electron chi connectivity index (χ2n) is 30.5. The van der Waals surface area contributed by atoms with Crippen LogP contribution in [0.5, 0.6) is 11.5 Å². The molecule has 11 rings (SSSR count). The zero-order chi connectivity index (χ0) is 65.2. The first-order valence-electron chi connectivity index (χ1n) is 31.5. The second-order valence-corrected chi connectivity index (χ2v) is 30.5. The van der Waals surface area contributed by atoms with Gasteiger partial charge in [-0.2, -0.15) is 6.07 Å². The van der Waals surface area contributed by atoms with Crippen LogP contribution in [0.25, 0.3) is 44.5 Å². The minimum atomic E-state index is -2.23. The molecule has 4 nitrogen and oxygen atoms in total. The van der Waals surface area contributed by atoms with Crippen molar-refractivity contribution in [1.82, 2.24) is 4.98 Å². The molecule has 0 N–H and O–H groups in total. The number of anilines is 4. The average Bonchev–Trinajstić information content (AvgIpc) is 1.79. The van der Waals surface area contributed by atoms with Crippen LogP contribution in [0, 0.1) is 47.9 Å². The summed E-state index contributed by atoms with van der Waals surface area (Å²) in [6.45, 7) is 43.0. The molecule has 0 bridgehead atoms. The molecule has 10 heteroatoms. The Morgan fingerprint density at radius 1 is 0.462 bits per heavy atom. The maximum absolute atomic E-state index is 17.0. The van der Waals surface area contributed by atoms with Crippen molar-refractivity contribution < 1.29 is 47.8 Å². The fourth-order valence-corrected chi connectivity index (χ4v) is 12.6. The van der Waals surface area contributed by atoms with Crippen molar-refractivity contribution in [2.24, 2.45) is 0 Å². The zero-order valence-corrected chi connectivity index (χ0v) is 58.2. The van der Waals surface area contributed by atoms with Crippen molar-refractivity contribution >= 4 is 22.7 Å². The third-order valence-electron chi connectivity index (χ3n) is 17.9. The standard InChI is InChI=1S/C81H83F5N3O.Pt/c1-45(2)47-32-48(46(3)4)34-49(33-47)60-37-52(78(8,9)10)38-62(70-71(82)73(84)75(86)74(85)72(70)83)76(60)89-44-88(66-26-22-23-27-67(66)89)54-35-50(68-63(80(14,15)16)39-53(79(11,12)13)40-64(68)81(17,18)19)36-56(42-54)90-55-28-29-58-57-24-20-21-25-59(57)69(61(58)43-55)65-41-51(30-31-87-65)77(5,6)7;/h20-41,44-46,69H,1-19H3;/q-3;. The van der Waals surface area contributed by atoms with Gasteiger partial charge in [0.1, 0.15) is 0 Å². The molecule has 9 aromatic rings. The number of hydrogen-bond donors (Lipinski definition) is 0. The van der Waals surface area contributed by atoms with Crippen molar-refractivity contribution in [2.75, 3.05) is 9.80 Å². The second kappa shape index (κ2) is 24.0. The Bertz CT molecular complexity index is 4230. The summed E-state index contributed by atoms with van der Waals surface area (Å²) in [6, 6.07) is 50.7. The van der Waals surface area contributed by atoms with Gasteiger partial charge in [0.05, 0.1) is 11.3 Å². The number of ether oxygens (including phenoxy) is 1. The van der Waals surface area contributed by atoms with E-state index >= 15 is 22.0 Å². The molecule has 0 fully saturated rings. The summed E-state index contributed by atoms with van der Waals surface area (Å²) in [5.74, 6) is -9.33. The van der Waals surface area contributed by atoms with Gasteiger partial charge in [-0.3, -0.25) is 4.98 Å². The number of benzene rings is 8. The molecule has 1 aliphatic carbocycles. The van der Waals surface area contributed by atoms with Gasteiger partial charge in [-0.1, -0.05) is 204 Å². The SMILES string of the molecule is CC(C)c1cc(-c2cc(C(C)(C)C)cc(-c3c(F)c(F)c(F)c(F)c3F)c2N2[CH-]N(c3[c-]c(Oc4[c-]c5c(cc4)-c4ccccc4C5c4cc(C(C)(C)C)ccn4)cc(-c4c(C(C)(C)C)cc(C(C)(C)C)cc4C(C)(C)C)c3)c3ccccc32)cc(C(C)C)c1.[Pt]. The average molecular weight is 1400 g/mol. The van der Waals surface area contributed by atoms with E-state index in [-0.39, 0.29) is 71.7 Å². The van der Waals surface area contributed by atoms with E-state index in [1.165, 1.54) is 11.1 Å². The molecular weight excluding hydrogens is 1320 g/mol. The number of nitrogens with zero attached hydrogens (tertiary/aromatic N) is 3. The van der Waals surface area contributed by atoms with Crippen LogP contribution in [0.2, 0.25) is 0 Å². The molecule has 0 amide bonds. The van der Waals surface area contributed by atoms with Crippen LogP contribution in [0.1, 0.15) is 205 Å². The number of halogens is 5. The summed E-state index contributed by atoms with van der Waals surface area (Å²) in [7, 11) is 0. The van der Waals surface area contributed by atoms with Gasteiger partial charge in [0, 0.05) is 72.9 Å². The van der Waals surface area contributed by atoms with E-state index in [4.69, 9.17) is 9.72 Å². The van der Waals surface area contributed by atoms with Crippen LogP contribution >= 0.6 is 0 Å². The molecule has 91 heavy (non-hydrogen) atoms. The first-order valence-corrected chi connectivity index (χ1v) is 31.5. The Balaban J connectivity index is 0.00000909. The predicted molar refractivity (Wildman–Crippen MR) is 360 cm³/mol. The first kappa shape index (κ1) is 66.6. The predicted octanol–water partition coefficient (Wildman–Crippen LogP) is 23.5. The van der Waals surface area contributed by atoms with Crippen molar-refractivity contribution in [3.05, 3.63) is 237 Å². The molecule has 2 aliphatic rings. The molecule has 0 saturated heterocycles. The number of para-hydroxylation sites is 2. The van der Waals surface area contributed by atoms with Crippen LogP contribution in [0.15, 0.2) is 134 Å². The van der Waals surface area contributed by atoms with Gasteiger partial charge >= 0.3 is 0 Å². The minimum absolute atomic E-state index is 0. The molecule has 0 radical (unpaired) electrons. The maximum Gasteiger partial charge on any atom is 0.200 e. The van der Waals surface area contributed by atoms with Gasteiger partial charge in [0.15, 0.2) is 23.3 Å². The van der Waals surface area contributed by atoms with E-state index in [1.807, 2.05) is 79.8 Å². The monoisotopic (exact) mass is 1400 g/mol. The Kier molecular flexibility index (Phi) is 17.5. The molecular formula is C81H83F5N3OPt-3. The van der Waals surface area contributed by atoms with E-state index in [0.29, 0.717) is 39.7 Å². The summed E-state index contributed by atoms with van der Waals surface area (Å²) in [4.78, 5) is 8.81. The van der Waals surface area contributed by atoms with Crippen molar-refractivity contribution in [2.45, 2.75) is 176 Å². The number of fused-ring (bicyclic) bond motifs is 4. The third kappa shape index (κ3) is 12.5. The fraction of sp³-hybridized carbons (Fsp3) is 0.333. The van der Waals surface area contributed by atoms with E-state index < -0.39 is 40.1 Å². The van der Waals surface area contributed by atoms with Gasteiger partial charge in [-0.25, -0.2) is 22.0 Å². The van der Waals surface area contributed by atoms with Crippen molar-refractivity contribution in [1.29, 1.82) is 0 Å². The van der Waals surface area contributed by atoms with Crippen LogP contribution in [-0.2, 0) is 48.1 Å². The van der Waals surface area contributed by atoms with Gasteiger partial charge in [-0.15, -0.1) is 59.4 Å². The van der Waals surface area contributed by atoms with Gasteiger partial charge in [-0.05, 0) is 131 Å². The Hall–Kier alpha value is -7.35. The van der Waals surface area contributed by atoms with E-state index in [9.17, 15) is 0 Å². The van der Waals surface area contributed by atoms with Crippen LogP contribution in [0.4, 0.5) is 44.7 Å². The first-order chi connectivity index (χ1) is 42.0. The largest absolute Gasteiger partial charge is 0.509 e. The van der Waals surface area contributed by atoms with Gasteiger partial charge < -0.3 is 14.5 Å². The van der Waals surface area contributed by atoms with E-state index in [1.54, 1.807) is 6.07 Å². The molecule has 0 spiro atoms. The summed E-state index contributed by atoms with van der Waals surface area (Å²) >= 11 is 0. The fourth-order valence-electron chi connectivity index (χ4n) is 12.6. The smallest absolute Gasteiger partial charge is 0.200 e. The Labute approximate surface area is 551 Å². The summed E-state index contributed by atoms with van der Waals surface area (Å²) in [5.41, 5.74) is 14.9. The van der Waals surface area contributed by atoms with Gasteiger partial charge in [0.25, 0.3) is 0 Å². The van der Waals surface area contributed by atoms with E-state index in [2.05, 4.69) is 208 Å². The Morgan fingerprint density at radius 3 is 1.55 bits per heavy atom. The van der Waals surface area contributed by atoms with Crippen LogP contribution in [0.3, 0.4) is 0 Å². The molecule has 0 saturated carbocycles. The molecule has 1 unspecified atom stereocenters. The molecule has 2 heterocycles. The molecule has 1 aliphatic heterocycles. The molecule has 476 valence electrons. The zero-order valence-electron chi connectivity index (χ0n) is 56.0. The van der Waals surface area contributed by atoms with Crippen molar-refractivity contribution in [3.63, 3.8) is 0 Å². The summed E-state index contributed by atoms with van der Waals surface area (Å²) < 4.78 is 88.2. The number of aromatic nitrogens is 1. The van der Waals surface area contributed by atoms with Gasteiger partial charge in [0.2, 0.25) is 5.82 Å². The number of pyridine rings is 1. The molecule has 8 aromatic carbocycles. The topological polar surface area (TPSA) is 28.6 Å². The third-order valence-corrected chi connectivity index (χ3v) is 17.9.